The molecule has 1 amide bonds. The van der Waals surface area contributed by atoms with Gasteiger partial charge in [0.15, 0.2) is 5.69 Å². The average molecular weight is 347 g/mol. The molecule has 1 fully saturated rings. The zero-order valence-corrected chi connectivity index (χ0v) is 15.0. The van der Waals surface area contributed by atoms with Gasteiger partial charge in [0.1, 0.15) is 0 Å². The maximum absolute atomic E-state index is 12.6. The van der Waals surface area contributed by atoms with Gasteiger partial charge in [0.05, 0.1) is 5.02 Å². The van der Waals surface area contributed by atoms with Crippen LogP contribution in [0.2, 0.25) is 5.02 Å². The first-order valence-electron chi connectivity index (χ1n) is 8.37. The Labute approximate surface area is 147 Å². The minimum absolute atomic E-state index is 0.0672. The van der Waals surface area contributed by atoms with E-state index in [4.69, 9.17) is 11.6 Å². The second kappa shape index (κ2) is 7.36. The summed E-state index contributed by atoms with van der Waals surface area (Å²) < 4.78 is 1.70. The fourth-order valence-corrected chi connectivity index (χ4v) is 3.26. The molecule has 24 heavy (non-hydrogen) atoms. The monoisotopic (exact) mass is 346 g/mol. The molecule has 0 saturated carbocycles. The first-order valence-corrected chi connectivity index (χ1v) is 8.74. The fraction of sp³-hybridized carbons (Fsp3) is 0.444. The Morgan fingerprint density at radius 3 is 2.62 bits per heavy atom. The summed E-state index contributed by atoms with van der Waals surface area (Å²) in [6, 6.07) is 8.58. The van der Waals surface area contributed by atoms with E-state index in [1.54, 1.807) is 10.9 Å². The number of aryl methyl sites for hydroxylation is 2. The molecule has 0 spiro atoms. The van der Waals surface area contributed by atoms with E-state index in [9.17, 15) is 4.79 Å². The van der Waals surface area contributed by atoms with E-state index in [2.05, 4.69) is 41.2 Å². The smallest absolute Gasteiger partial charge is 0.276 e. The van der Waals surface area contributed by atoms with Crippen molar-refractivity contribution in [3.63, 3.8) is 0 Å². The third-order valence-corrected chi connectivity index (χ3v) is 4.67. The van der Waals surface area contributed by atoms with Crippen LogP contribution in [-0.2, 0) is 13.1 Å². The van der Waals surface area contributed by atoms with Crippen LogP contribution in [0.25, 0.3) is 0 Å². The van der Waals surface area contributed by atoms with Crippen LogP contribution in [0.4, 0.5) is 0 Å². The lowest BCUT2D eigenvalue weighted by atomic mass is 10.1. The zero-order valence-electron chi connectivity index (χ0n) is 14.2. The molecule has 2 heterocycles. The molecule has 6 heteroatoms. The highest BCUT2D eigenvalue weighted by Gasteiger charge is 2.25. The molecule has 1 aromatic carbocycles. The minimum Gasteiger partial charge on any atom is -0.335 e. The van der Waals surface area contributed by atoms with Gasteiger partial charge in [0.25, 0.3) is 5.91 Å². The zero-order chi connectivity index (χ0) is 17.1. The van der Waals surface area contributed by atoms with Gasteiger partial charge in [0.2, 0.25) is 0 Å². The topological polar surface area (TPSA) is 41.4 Å². The third-order valence-electron chi connectivity index (χ3n) is 4.39. The number of hydrogen-bond acceptors (Lipinski definition) is 3. The van der Waals surface area contributed by atoms with Crippen molar-refractivity contribution >= 4 is 17.5 Å². The molecular weight excluding hydrogens is 324 g/mol. The summed E-state index contributed by atoms with van der Waals surface area (Å²) in [5.74, 6) is -0.0672. The molecule has 1 aromatic heterocycles. The van der Waals surface area contributed by atoms with Crippen molar-refractivity contribution in [2.24, 2.45) is 0 Å². The van der Waals surface area contributed by atoms with Gasteiger partial charge in [-0.25, -0.2) is 0 Å². The van der Waals surface area contributed by atoms with Crippen molar-refractivity contribution in [1.29, 1.82) is 0 Å². The van der Waals surface area contributed by atoms with E-state index in [0.29, 0.717) is 30.4 Å². The molecule has 1 aliphatic rings. The van der Waals surface area contributed by atoms with Crippen molar-refractivity contribution in [3.05, 3.63) is 52.3 Å². The van der Waals surface area contributed by atoms with Crippen LogP contribution in [0.15, 0.2) is 30.5 Å². The lowest BCUT2D eigenvalue weighted by Gasteiger charge is -2.34. The third kappa shape index (κ3) is 3.79. The van der Waals surface area contributed by atoms with Crippen molar-refractivity contribution < 1.29 is 4.79 Å². The predicted octanol–water partition coefficient (Wildman–Crippen LogP) is 2.82. The van der Waals surface area contributed by atoms with Crippen molar-refractivity contribution in [2.75, 3.05) is 26.2 Å². The Bertz CT molecular complexity index is 720. The summed E-state index contributed by atoms with van der Waals surface area (Å²) in [5, 5.41) is 4.71. The van der Waals surface area contributed by atoms with Crippen LogP contribution in [0.5, 0.6) is 0 Å². The van der Waals surface area contributed by atoms with Crippen LogP contribution >= 0.6 is 11.6 Å². The van der Waals surface area contributed by atoms with Gasteiger partial charge in [-0.05, 0) is 19.4 Å². The van der Waals surface area contributed by atoms with Gasteiger partial charge in [-0.1, -0.05) is 41.4 Å². The molecule has 0 radical (unpaired) electrons. The van der Waals surface area contributed by atoms with Crippen LogP contribution in [-0.4, -0.2) is 51.7 Å². The maximum Gasteiger partial charge on any atom is 0.276 e. The fourth-order valence-electron chi connectivity index (χ4n) is 3.03. The molecule has 0 N–H and O–H groups in total. The van der Waals surface area contributed by atoms with Crippen molar-refractivity contribution in [2.45, 2.75) is 26.9 Å². The van der Waals surface area contributed by atoms with Crippen LogP contribution < -0.4 is 0 Å². The number of carbonyl (C=O) groups excluding carboxylic acids is 1. The summed E-state index contributed by atoms with van der Waals surface area (Å²) >= 11 is 6.15. The molecule has 5 nitrogen and oxygen atoms in total. The number of nitrogens with zero attached hydrogens (tertiary/aromatic N) is 4. The number of amides is 1. The van der Waals surface area contributed by atoms with Gasteiger partial charge in [-0.2, -0.15) is 5.10 Å². The van der Waals surface area contributed by atoms with Crippen molar-refractivity contribution in [1.82, 2.24) is 19.6 Å². The second-order valence-corrected chi connectivity index (χ2v) is 6.65. The van der Waals surface area contributed by atoms with E-state index >= 15 is 0 Å². The number of hydrogen-bond donors (Lipinski definition) is 0. The Balaban J connectivity index is 1.58. The average Bonchev–Trinajstić information content (AvgIpc) is 2.96. The molecule has 0 aliphatic carbocycles. The Morgan fingerprint density at radius 1 is 1.25 bits per heavy atom. The second-order valence-electron chi connectivity index (χ2n) is 6.24. The quantitative estimate of drug-likeness (QED) is 0.854. The predicted molar refractivity (Wildman–Crippen MR) is 95.3 cm³/mol. The van der Waals surface area contributed by atoms with Crippen molar-refractivity contribution in [3.8, 4) is 0 Å². The van der Waals surface area contributed by atoms with Gasteiger partial charge in [-0.15, -0.1) is 0 Å². The van der Waals surface area contributed by atoms with E-state index in [1.807, 2.05) is 11.8 Å². The molecule has 2 aromatic rings. The highest BCUT2D eigenvalue weighted by Crippen LogP contribution is 2.18. The van der Waals surface area contributed by atoms with Crippen LogP contribution in [0.3, 0.4) is 0 Å². The highest BCUT2D eigenvalue weighted by atomic mass is 35.5. The summed E-state index contributed by atoms with van der Waals surface area (Å²) in [6.07, 6.45) is 1.71. The number of halogens is 1. The van der Waals surface area contributed by atoms with Crippen LogP contribution in [0, 0.1) is 6.92 Å². The largest absolute Gasteiger partial charge is 0.335 e. The Morgan fingerprint density at radius 2 is 2.00 bits per heavy atom. The molecular formula is C18H23ClN4O. The molecule has 0 unspecified atom stereocenters. The minimum atomic E-state index is -0.0672. The van der Waals surface area contributed by atoms with E-state index in [-0.39, 0.29) is 5.91 Å². The Kier molecular flexibility index (Phi) is 5.21. The summed E-state index contributed by atoms with van der Waals surface area (Å²) in [6.45, 7) is 8.87. The molecule has 1 saturated heterocycles. The van der Waals surface area contributed by atoms with Gasteiger partial charge in [0, 0.05) is 45.5 Å². The normalized spacial score (nSPS) is 15.7. The van der Waals surface area contributed by atoms with Crippen LogP contribution in [0.1, 0.15) is 28.5 Å². The highest BCUT2D eigenvalue weighted by molar-refractivity contribution is 6.33. The van der Waals surface area contributed by atoms with Gasteiger partial charge in [-0.3, -0.25) is 14.4 Å². The number of piperazine rings is 1. The number of aromatic nitrogens is 2. The number of carbonyl (C=O) groups is 1. The van der Waals surface area contributed by atoms with Gasteiger partial charge >= 0.3 is 0 Å². The van der Waals surface area contributed by atoms with E-state index < -0.39 is 0 Å². The lowest BCUT2D eigenvalue weighted by Crippen LogP contribution is -2.48. The standard InChI is InChI=1S/C18H23ClN4O/c1-3-23-13-16(19)17(20-23)18(24)22-9-7-21(8-10-22)12-15-6-4-5-14(2)11-15/h4-6,11,13H,3,7-10,12H2,1-2H3. The van der Waals surface area contributed by atoms with E-state index in [0.717, 1.165) is 19.6 Å². The Hall–Kier alpha value is -1.85. The lowest BCUT2D eigenvalue weighted by molar-refractivity contribution is 0.0622. The van der Waals surface area contributed by atoms with E-state index in [1.165, 1.54) is 11.1 Å². The molecule has 0 atom stereocenters. The molecule has 1 aliphatic heterocycles. The molecule has 3 rings (SSSR count). The first kappa shape index (κ1) is 17.0. The van der Waals surface area contributed by atoms with Gasteiger partial charge < -0.3 is 4.90 Å². The SMILES string of the molecule is CCn1cc(Cl)c(C(=O)N2CCN(Cc3cccc(C)c3)CC2)n1. The maximum atomic E-state index is 12.6. The number of rotatable bonds is 4. The first-order chi connectivity index (χ1) is 11.6. The summed E-state index contributed by atoms with van der Waals surface area (Å²) in [7, 11) is 0. The number of benzene rings is 1. The molecule has 128 valence electrons. The summed E-state index contributed by atoms with van der Waals surface area (Å²) in [5.41, 5.74) is 2.97. The summed E-state index contributed by atoms with van der Waals surface area (Å²) in [4.78, 5) is 16.8. The molecule has 0 bridgehead atoms.